The molecule has 0 heterocycles. The van der Waals surface area contributed by atoms with Crippen LogP contribution in [0.25, 0.3) is 0 Å². The lowest BCUT2D eigenvalue weighted by molar-refractivity contribution is -0.117. The van der Waals surface area contributed by atoms with E-state index >= 15 is 0 Å². The third-order valence-corrected chi connectivity index (χ3v) is 3.35. The quantitative estimate of drug-likeness (QED) is 0.821. The fraction of sp³-hybridized carbons (Fsp3) is 0.462. The second kappa shape index (κ2) is 6.98. The molecule has 1 aromatic carbocycles. The molecule has 0 unspecified atom stereocenters. The van der Waals surface area contributed by atoms with E-state index in [1.165, 1.54) is 0 Å². The highest BCUT2D eigenvalue weighted by molar-refractivity contribution is 6.37. The molecule has 1 rings (SSSR count). The van der Waals surface area contributed by atoms with Crippen LogP contribution >= 0.6 is 23.2 Å². The summed E-state index contributed by atoms with van der Waals surface area (Å²) in [5.41, 5.74) is 6.57. The van der Waals surface area contributed by atoms with E-state index in [9.17, 15) is 4.79 Å². The SMILES string of the molecule is CCN(CC(=O)Nc1c(N)cc(Cl)cc1Cl)C(C)C. The standard InChI is InChI=1S/C13H19Cl2N3O/c1-4-18(8(2)3)7-12(19)17-13-10(15)5-9(14)6-11(13)16/h5-6,8H,4,7,16H2,1-3H3,(H,17,19). The van der Waals surface area contributed by atoms with Crippen LogP contribution in [0.2, 0.25) is 10.0 Å². The van der Waals surface area contributed by atoms with Gasteiger partial charge in [0, 0.05) is 11.1 Å². The Labute approximate surface area is 123 Å². The van der Waals surface area contributed by atoms with E-state index in [1.807, 2.05) is 25.7 Å². The number of hydrogen-bond acceptors (Lipinski definition) is 3. The minimum atomic E-state index is -0.147. The van der Waals surface area contributed by atoms with Crippen molar-refractivity contribution in [3.05, 3.63) is 22.2 Å². The minimum Gasteiger partial charge on any atom is -0.397 e. The van der Waals surface area contributed by atoms with Gasteiger partial charge in [-0.25, -0.2) is 0 Å². The van der Waals surface area contributed by atoms with Crippen molar-refractivity contribution in [3.63, 3.8) is 0 Å². The van der Waals surface area contributed by atoms with Gasteiger partial charge in [0.2, 0.25) is 5.91 Å². The first-order valence-electron chi connectivity index (χ1n) is 6.13. The molecule has 0 radical (unpaired) electrons. The zero-order chi connectivity index (χ0) is 14.6. The lowest BCUT2D eigenvalue weighted by Gasteiger charge is -2.24. The van der Waals surface area contributed by atoms with Crippen molar-refractivity contribution in [3.8, 4) is 0 Å². The Morgan fingerprint density at radius 2 is 2.05 bits per heavy atom. The molecule has 1 amide bonds. The molecule has 0 fully saturated rings. The molecule has 0 saturated carbocycles. The maximum absolute atomic E-state index is 12.0. The van der Waals surface area contributed by atoms with Crippen LogP contribution in [0.15, 0.2) is 12.1 Å². The lowest BCUT2D eigenvalue weighted by Crippen LogP contribution is -2.37. The van der Waals surface area contributed by atoms with Crippen LogP contribution in [0.4, 0.5) is 11.4 Å². The van der Waals surface area contributed by atoms with Crippen molar-refractivity contribution in [2.24, 2.45) is 0 Å². The van der Waals surface area contributed by atoms with Gasteiger partial charge in [-0.05, 0) is 32.5 Å². The molecule has 1 aromatic rings. The Hall–Kier alpha value is -0.970. The van der Waals surface area contributed by atoms with Gasteiger partial charge in [-0.1, -0.05) is 30.1 Å². The number of nitrogens with two attached hydrogens (primary N) is 1. The molecule has 4 nitrogen and oxygen atoms in total. The molecular weight excluding hydrogens is 285 g/mol. The molecule has 0 atom stereocenters. The number of benzene rings is 1. The van der Waals surface area contributed by atoms with Gasteiger partial charge in [0.1, 0.15) is 0 Å². The molecule has 19 heavy (non-hydrogen) atoms. The molecule has 0 saturated heterocycles. The van der Waals surface area contributed by atoms with Crippen molar-refractivity contribution >= 4 is 40.5 Å². The van der Waals surface area contributed by atoms with Crippen LogP contribution < -0.4 is 11.1 Å². The summed E-state index contributed by atoms with van der Waals surface area (Å²) in [6.07, 6.45) is 0. The summed E-state index contributed by atoms with van der Waals surface area (Å²) in [7, 11) is 0. The van der Waals surface area contributed by atoms with Crippen molar-refractivity contribution in [2.45, 2.75) is 26.8 Å². The van der Waals surface area contributed by atoms with Gasteiger partial charge in [-0.15, -0.1) is 0 Å². The average Bonchev–Trinajstić information content (AvgIpc) is 2.30. The second-order valence-electron chi connectivity index (χ2n) is 4.56. The van der Waals surface area contributed by atoms with Crippen LogP contribution in [0.1, 0.15) is 20.8 Å². The monoisotopic (exact) mass is 303 g/mol. The number of rotatable bonds is 5. The number of likely N-dealkylation sites (N-methyl/N-ethyl adjacent to an activating group) is 1. The molecule has 0 aliphatic heterocycles. The molecule has 6 heteroatoms. The summed E-state index contributed by atoms with van der Waals surface area (Å²) in [5.74, 6) is -0.147. The first-order chi connectivity index (χ1) is 8.85. The highest BCUT2D eigenvalue weighted by atomic mass is 35.5. The normalized spacial score (nSPS) is 11.1. The largest absolute Gasteiger partial charge is 0.397 e. The molecule has 106 valence electrons. The highest BCUT2D eigenvalue weighted by Crippen LogP contribution is 2.31. The molecule has 0 aliphatic rings. The Morgan fingerprint density at radius 1 is 1.42 bits per heavy atom. The predicted octanol–water partition coefficient (Wildman–Crippen LogP) is 3.24. The van der Waals surface area contributed by atoms with Gasteiger partial charge < -0.3 is 11.1 Å². The number of carbonyl (C=O) groups is 1. The van der Waals surface area contributed by atoms with E-state index in [0.29, 0.717) is 34.0 Å². The first-order valence-corrected chi connectivity index (χ1v) is 6.89. The van der Waals surface area contributed by atoms with E-state index in [1.54, 1.807) is 12.1 Å². The third kappa shape index (κ3) is 4.56. The number of carbonyl (C=O) groups excluding carboxylic acids is 1. The zero-order valence-electron chi connectivity index (χ0n) is 11.3. The van der Waals surface area contributed by atoms with Crippen molar-refractivity contribution in [1.29, 1.82) is 0 Å². The lowest BCUT2D eigenvalue weighted by atomic mass is 10.2. The summed E-state index contributed by atoms with van der Waals surface area (Å²) in [5, 5.41) is 3.51. The summed E-state index contributed by atoms with van der Waals surface area (Å²) in [6.45, 7) is 7.19. The molecule has 0 spiro atoms. The fourth-order valence-corrected chi connectivity index (χ4v) is 2.30. The minimum absolute atomic E-state index is 0.147. The summed E-state index contributed by atoms with van der Waals surface area (Å²) >= 11 is 11.8. The highest BCUT2D eigenvalue weighted by Gasteiger charge is 2.15. The first kappa shape index (κ1) is 16.1. The van der Waals surface area contributed by atoms with Crippen molar-refractivity contribution in [2.75, 3.05) is 24.1 Å². The number of halogens is 2. The molecule has 0 aromatic heterocycles. The van der Waals surface area contributed by atoms with Gasteiger partial charge in [0.15, 0.2) is 0 Å². The number of amides is 1. The van der Waals surface area contributed by atoms with E-state index in [-0.39, 0.29) is 5.91 Å². The Morgan fingerprint density at radius 3 is 2.53 bits per heavy atom. The number of hydrogen-bond donors (Lipinski definition) is 2. The van der Waals surface area contributed by atoms with E-state index < -0.39 is 0 Å². The van der Waals surface area contributed by atoms with Gasteiger partial charge in [0.25, 0.3) is 0 Å². The van der Waals surface area contributed by atoms with Crippen molar-refractivity contribution in [1.82, 2.24) is 4.90 Å². The Kier molecular flexibility index (Phi) is 5.91. The molecule has 0 bridgehead atoms. The van der Waals surface area contributed by atoms with Gasteiger partial charge in [-0.3, -0.25) is 9.69 Å². The fourth-order valence-electron chi connectivity index (χ4n) is 1.75. The average molecular weight is 304 g/mol. The van der Waals surface area contributed by atoms with E-state index in [0.717, 1.165) is 6.54 Å². The van der Waals surface area contributed by atoms with Gasteiger partial charge >= 0.3 is 0 Å². The molecule has 3 N–H and O–H groups in total. The van der Waals surface area contributed by atoms with Crippen molar-refractivity contribution < 1.29 is 4.79 Å². The Bertz CT molecular complexity index is 440. The van der Waals surface area contributed by atoms with Crippen LogP contribution in [0.3, 0.4) is 0 Å². The number of nitrogens with one attached hydrogen (secondary N) is 1. The molecular formula is C13H19Cl2N3O. The predicted molar refractivity (Wildman–Crippen MR) is 81.9 cm³/mol. The van der Waals surface area contributed by atoms with Crippen LogP contribution in [-0.4, -0.2) is 29.9 Å². The van der Waals surface area contributed by atoms with Gasteiger partial charge in [0.05, 0.1) is 22.9 Å². The number of nitrogen functional groups attached to an aromatic ring is 1. The van der Waals surface area contributed by atoms with Crippen LogP contribution in [0, 0.1) is 0 Å². The Balaban J connectivity index is 2.78. The van der Waals surface area contributed by atoms with Crippen LogP contribution in [-0.2, 0) is 4.79 Å². The van der Waals surface area contributed by atoms with Gasteiger partial charge in [-0.2, -0.15) is 0 Å². The van der Waals surface area contributed by atoms with E-state index in [4.69, 9.17) is 28.9 Å². The van der Waals surface area contributed by atoms with E-state index in [2.05, 4.69) is 5.32 Å². The summed E-state index contributed by atoms with van der Waals surface area (Å²) in [4.78, 5) is 14.0. The number of nitrogens with zero attached hydrogens (tertiary/aromatic N) is 1. The maximum atomic E-state index is 12.0. The van der Waals surface area contributed by atoms with Crippen LogP contribution in [0.5, 0.6) is 0 Å². The maximum Gasteiger partial charge on any atom is 0.238 e. The smallest absolute Gasteiger partial charge is 0.238 e. The summed E-state index contributed by atoms with van der Waals surface area (Å²) in [6, 6.07) is 3.41. The number of anilines is 2. The topological polar surface area (TPSA) is 58.4 Å². The summed E-state index contributed by atoms with van der Waals surface area (Å²) < 4.78 is 0. The zero-order valence-corrected chi connectivity index (χ0v) is 12.8. The second-order valence-corrected chi connectivity index (χ2v) is 5.40. The third-order valence-electron chi connectivity index (χ3n) is 2.83. The molecule has 0 aliphatic carbocycles.